The van der Waals surface area contributed by atoms with Crippen LogP contribution in [0.4, 0.5) is 16.2 Å². The second-order valence-corrected chi connectivity index (χ2v) is 10.1. The summed E-state index contributed by atoms with van der Waals surface area (Å²) >= 11 is 0. The normalized spacial score (nSPS) is 20.3. The SMILES string of the molecule is Cc1noc(C)c1NC(=O)N(C)C[C@@H]1Oc2ccc(NC(=O)C3CC3)cc2C(=O)N([C@H](C)CO)C[C@@H]1C. The van der Waals surface area contributed by atoms with E-state index < -0.39 is 12.1 Å². The van der Waals surface area contributed by atoms with E-state index in [0.29, 0.717) is 40.7 Å². The summed E-state index contributed by atoms with van der Waals surface area (Å²) in [6.45, 7) is 7.57. The number of likely N-dealkylation sites (N-methyl/N-ethyl adjacent to an activating group) is 1. The number of hydrogen-bond donors (Lipinski definition) is 3. The summed E-state index contributed by atoms with van der Waals surface area (Å²) in [6.07, 6.45) is 1.29. The maximum absolute atomic E-state index is 13.5. The van der Waals surface area contributed by atoms with Crippen molar-refractivity contribution in [2.45, 2.75) is 52.7 Å². The summed E-state index contributed by atoms with van der Waals surface area (Å²) in [4.78, 5) is 41.9. The number of aliphatic hydroxyl groups excluding tert-OH is 1. The number of ether oxygens (including phenoxy) is 1. The first-order valence-electron chi connectivity index (χ1n) is 12.6. The van der Waals surface area contributed by atoms with E-state index in [2.05, 4.69) is 15.8 Å². The molecule has 3 atom stereocenters. The summed E-state index contributed by atoms with van der Waals surface area (Å²) in [5.41, 5.74) is 1.93. The number of nitrogens with zero attached hydrogens (tertiary/aromatic N) is 3. The van der Waals surface area contributed by atoms with Crippen LogP contribution in [0.1, 0.15) is 48.5 Å². The number of aliphatic hydroxyl groups is 1. The number of benzene rings is 1. The molecule has 0 saturated heterocycles. The maximum atomic E-state index is 13.5. The highest BCUT2D eigenvalue weighted by Crippen LogP contribution is 2.33. The maximum Gasteiger partial charge on any atom is 0.321 e. The predicted octanol–water partition coefficient (Wildman–Crippen LogP) is 3.02. The molecular formula is C26H35N5O6. The molecule has 11 nitrogen and oxygen atoms in total. The summed E-state index contributed by atoms with van der Waals surface area (Å²) in [6, 6.07) is 4.24. The number of fused-ring (bicyclic) bond motifs is 1. The van der Waals surface area contributed by atoms with Gasteiger partial charge in [-0.15, -0.1) is 0 Å². The van der Waals surface area contributed by atoms with Crippen molar-refractivity contribution < 1.29 is 28.8 Å². The van der Waals surface area contributed by atoms with Gasteiger partial charge in [0.15, 0.2) is 5.76 Å². The number of aromatic nitrogens is 1. The Morgan fingerprint density at radius 1 is 1.27 bits per heavy atom. The Balaban J connectivity index is 1.57. The Morgan fingerprint density at radius 2 is 2.00 bits per heavy atom. The molecule has 4 rings (SSSR count). The number of hydrogen-bond acceptors (Lipinski definition) is 7. The molecule has 3 N–H and O–H groups in total. The van der Waals surface area contributed by atoms with E-state index in [1.165, 1.54) is 4.90 Å². The van der Waals surface area contributed by atoms with Crippen LogP contribution in [0.3, 0.4) is 0 Å². The second kappa shape index (κ2) is 10.8. The molecular weight excluding hydrogens is 478 g/mol. The summed E-state index contributed by atoms with van der Waals surface area (Å²) < 4.78 is 11.5. The number of carbonyl (C=O) groups excluding carboxylic acids is 3. The van der Waals surface area contributed by atoms with Gasteiger partial charge in [0.05, 0.1) is 24.8 Å². The van der Waals surface area contributed by atoms with Gasteiger partial charge in [0, 0.05) is 31.1 Å². The number of urea groups is 1. The fraction of sp³-hybridized carbons (Fsp3) is 0.538. The van der Waals surface area contributed by atoms with Crippen LogP contribution in [-0.4, -0.2) is 76.8 Å². The third kappa shape index (κ3) is 5.87. The molecule has 37 heavy (non-hydrogen) atoms. The minimum Gasteiger partial charge on any atom is -0.487 e. The summed E-state index contributed by atoms with van der Waals surface area (Å²) in [7, 11) is 1.67. The Hall–Kier alpha value is -3.60. The Bertz CT molecular complexity index is 1160. The number of rotatable bonds is 7. The van der Waals surface area contributed by atoms with Crippen molar-refractivity contribution in [1.29, 1.82) is 0 Å². The lowest BCUT2D eigenvalue weighted by atomic mass is 9.99. The van der Waals surface area contributed by atoms with Gasteiger partial charge in [0.25, 0.3) is 5.91 Å². The first-order valence-corrected chi connectivity index (χ1v) is 12.6. The van der Waals surface area contributed by atoms with Crippen LogP contribution >= 0.6 is 0 Å². The van der Waals surface area contributed by atoms with Gasteiger partial charge in [-0.05, 0) is 51.8 Å². The van der Waals surface area contributed by atoms with Crippen LogP contribution in [0.2, 0.25) is 0 Å². The van der Waals surface area contributed by atoms with Gasteiger partial charge in [0.2, 0.25) is 5.91 Å². The highest BCUT2D eigenvalue weighted by Gasteiger charge is 2.35. The molecule has 0 spiro atoms. The molecule has 0 bridgehead atoms. The molecule has 2 aromatic rings. The first kappa shape index (κ1) is 26.5. The van der Waals surface area contributed by atoms with E-state index in [9.17, 15) is 19.5 Å². The van der Waals surface area contributed by atoms with Gasteiger partial charge < -0.3 is 34.8 Å². The monoisotopic (exact) mass is 513 g/mol. The van der Waals surface area contributed by atoms with Gasteiger partial charge in [-0.2, -0.15) is 0 Å². The molecule has 11 heteroatoms. The molecule has 0 unspecified atom stereocenters. The van der Waals surface area contributed by atoms with Crippen LogP contribution < -0.4 is 15.4 Å². The Kier molecular flexibility index (Phi) is 7.72. The molecule has 1 saturated carbocycles. The predicted molar refractivity (Wildman–Crippen MR) is 137 cm³/mol. The quantitative estimate of drug-likeness (QED) is 0.517. The van der Waals surface area contributed by atoms with Crippen LogP contribution in [0.15, 0.2) is 22.7 Å². The third-order valence-electron chi connectivity index (χ3n) is 6.95. The van der Waals surface area contributed by atoms with Gasteiger partial charge in [-0.3, -0.25) is 9.59 Å². The Labute approximate surface area is 216 Å². The molecule has 0 radical (unpaired) electrons. The van der Waals surface area contributed by atoms with Gasteiger partial charge in [-0.1, -0.05) is 12.1 Å². The molecule has 200 valence electrons. The Morgan fingerprint density at radius 3 is 2.62 bits per heavy atom. The summed E-state index contributed by atoms with van der Waals surface area (Å²) in [5.74, 6) is 0.402. The van der Waals surface area contributed by atoms with E-state index >= 15 is 0 Å². The number of anilines is 2. The zero-order chi connectivity index (χ0) is 26.9. The van der Waals surface area contributed by atoms with Gasteiger partial charge in [0.1, 0.15) is 23.2 Å². The average molecular weight is 514 g/mol. The molecule has 4 amide bonds. The van der Waals surface area contributed by atoms with E-state index in [1.807, 2.05) is 6.92 Å². The van der Waals surface area contributed by atoms with Crippen LogP contribution in [-0.2, 0) is 4.79 Å². The molecule has 1 fully saturated rings. The molecule has 1 aliphatic carbocycles. The van der Waals surface area contributed by atoms with Crippen molar-refractivity contribution in [3.8, 4) is 5.75 Å². The molecule has 2 heterocycles. The van der Waals surface area contributed by atoms with Crippen molar-refractivity contribution in [3.05, 3.63) is 35.2 Å². The second-order valence-electron chi connectivity index (χ2n) is 10.1. The van der Waals surface area contributed by atoms with Crippen molar-refractivity contribution in [2.75, 3.05) is 37.4 Å². The topological polar surface area (TPSA) is 137 Å². The number of amides is 4. The zero-order valence-electron chi connectivity index (χ0n) is 21.9. The standard InChI is InChI=1S/C26H35N5O6/c1-14-11-31(15(2)13-32)25(34)20-10-19(27-24(33)18-6-7-18)8-9-21(20)36-22(14)12-30(5)26(35)28-23-16(3)29-37-17(23)4/h8-10,14-15,18,22,32H,6-7,11-13H2,1-5H3,(H,27,33)(H,28,35)/t14-,15+,22-/m0/s1. The molecule has 2 aliphatic rings. The lowest BCUT2D eigenvalue weighted by Crippen LogP contribution is -2.50. The van der Waals surface area contributed by atoms with E-state index in [1.54, 1.807) is 50.9 Å². The van der Waals surface area contributed by atoms with E-state index in [0.717, 1.165) is 12.8 Å². The fourth-order valence-corrected chi connectivity index (χ4v) is 4.32. The van der Waals surface area contributed by atoms with Crippen LogP contribution in [0, 0.1) is 25.7 Å². The summed E-state index contributed by atoms with van der Waals surface area (Å²) in [5, 5.41) is 19.4. The lowest BCUT2D eigenvalue weighted by Gasteiger charge is -2.38. The van der Waals surface area contributed by atoms with Crippen LogP contribution in [0.5, 0.6) is 5.75 Å². The highest BCUT2D eigenvalue weighted by molar-refractivity contribution is 6.00. The van der Waals surface area contributed by atoms with Crippen molar-refractivity contribution in [2.24, 2.45) is 11.8 Å². The minimum absolute atomic E-state index is 0.0252. The third-order valence-corrected chi connectivity index (χ3v) is 6.95. The number of carbonyl (C=O) groups is 3. The molecule has 1 aliphatic heterocycles. The molecule has 1 aromatic heterocycles. The number of nitrogens with one attached hydrogen (secondary N) is 2. The van der Waals surface area contributed by atoms with E-state index in [4.69, 9.17) is 9.26 Å². The zero-order valence-corrected chi connectivity index (χ0v) is 21.9. The van der Waals surface area contributed by atoms with Crippen molar-refractivity contribution in [1.82, 2.24) is 15.0 Å². The number of aryl methyl sites for hydroxylation is 2. The first-order chi connectivity index (χ1) is 17.6. The van der Waals surface area contributed by atoms with Crippen molar-refractivity contribution >= 4 is 29.2 Å². The largest absolute Gasteiger partial charge is 0.487 e. The highest BCUT2D eigenvalue weighted by atomic mass is 16.5. The van der Waals surface area contributed by atoms with Gasteiger partial charge in [-0.25, -0.2) is 4.79 Å². The fourth-order valence-electron chi connectivity index (χ4n) is 4.32. The average Bonchev–Trinajstić information content (AvgIpc) is 3.68. The smallest absolute Gasteiger partial charge is 0.321 e. The van der Waals surface area contributed by atoms with Crippen LogP contribution in [0.25, 0.3) is 0 Å². The minimum atomic E-state index is -0.451. The lowest BCUT2D eigenvalue weighted by molar-refractivity contribution is -0.117. The molecule has 1 aromatic carbocycles. The van der Waals surface area contributed by atoms with E-state index in [-0.39, 0.29) is 42.8 Å². The van der Waals surface area contributed by atoms with Gasteiger partial charge >= 0.3 is 6.03 Å². The van der Waals surface area contributed by atoms with Crippen molar-refractivity contribution in [3.63, 3.8) is 0 Å².